The van der Waals surface area contributed by atoms with Crippen molar-refractivity contribution in [1.82, 2.24) is 6.15 Å². The average molecular weight is 85.2 g/mol. The minimum atomic E-state index is 0. The van der Waals surface area contributed by atoms with Gasteiger partial charge in [0.05, 0.1) is 0 Å². The largest absolute Gasteiger partial charge is 0.412 e. The van der Waals surface area contributed by atoms with Gasteiger partial charge in [-0.2, -0.15) is 13.5 Å². The summed E-state index contributed by atoms with van der Waals surface area (Å²) in [6.07, 6.45) is 0. The second-order valence-electron chi connectivity index (χ2n) is 0. The zero-order valence-electron chi connectivity index (χ0n) is 1.71. The van der Waals surface area contributed by atoms with Gasteiger partial charge >= 0.3 is 0 Å². The van der Waals surface area contributed by atoms with Crippen molar-refractivity contribution in [2.24, 2.45) is 0 Å². The lowest BCUT2D eigenvalue weighted by Crippen LogP contribution is -0.481. The Bertz CT molecular complexity index is 8.00. The van der Waals surface area contributed by atoms with Crippen LogP contribution in [0.4, 0.5) is 0 Å². The van der Waals surface area contributed by atoms with Gasteiger partial charge in [-0.25, -0.2) is 0 Å². The standard InChI is InChI=1S/CH4.H3N.H2O.H2S/h1H4;1H3;2*1H2. The Hall–Kier alpha value is 0.270. The molecule has 3 heteroatoms. The van der Waals surface area contributed by atoms with Crippen LogP contribution >= 0.6 is 13.5 Å². The van der Waals surface area contributed by atoms with Crippen LogP contribution in [0.5, 0.6) is 0 Å². The van der Waals surface area contributed by atoms with Gasteiger partial charge in [0.15, 0.2) is 0 Å². The van der Waals surface area contributed by atoms with Gasteiger partial charge in [0.25, 0.3) is 0 Å². The molecule has 0 aromatic heterocycles. The van der Waals surface area contributed by atoms with E-state index in [0.717, 1.165) is 0 Å². The van der Waals surface area contributed by atoms with Crippen LogP contribution in [-0.2, 0) is 0 Å². The molecule has 2 nitrogen and oxygen atoms in total. The van der Waals surface area contributed by atoms with Crippen molar-refractivity contribution in [1.29, 1.82) is 0 Å². The number of hydrogen-bond acceptors (Lipinski definition) is 1. The first-order chi connectivity index (χ1) is 0. The molecule has 0 aromatic rings. The highest BCUT2D eigenvalue weighted by atomic mass is 32.1. The molecule has 0 aliphatic carbocycles. The van der Waals surface area contributed by atoms with Crippen molar-refractivity contribution in [2.45, 2.75) is 7.43 Å². The van der Waals surface area contributed by atoms with Crippen LogP contribution in [0.2, 0.25) is 0 Å². The summed E-state index contributed by atoms with van der Waals surface area (Å²) in [7, 11) is 0. The fraction of sp³-hybridized carbons (Fsp3) is 1.00. The maximum Gasteiger partial charge on any atom is -0.0776 e. The quantitative estimate of drug-likeness (QED) is 0.445. The van der Waals surface area contributed by atoms with Crippen molar-refractivity contribution < 1.29 is 5.48 Å². The van der Waals surface area contributed by atoms with Crippen molar-refractivity contribution in [2.75, 3.05) is 0 Å². The summed E-state index contributed by atoms with van der Waals surface area (Å²) >= 11 is 0. The summed E-state index contributed by atoms with van der Waals surface area (Å²) in [5.74, 6) is 0. The second kappa shape index (κ2) is 231. The molecule has 0 aliphatic heterocycles. The third-order valence-corrected chi connectivity index (χ3v) is 0. The smallest absolute Gasteiger partial charge is 0.0776 e. The van der Waals surface area contributed by atoms with Crippen LogP contribution in [0.25, 0.3) is 0 Å². The van der Waals surface area contributed by atoms with Crippen molar-refractivity contribution in [3.63, 3.8) is 0 Å². The maximum atomic E-state index is 0. The average Bonchev–Trinajstić information content (AvgIpc) is 0. The lowest BCUT2D eigenvalue weighted by atomic mass is 12.0. The molecule has 0 rings (SSSR count). The summed E-state index contributed by atoms with van der Waals surface area (Å²) < 4.78 is 0. The van der Waals surface area contributed by atoms with E-state index in [1.165, 1.54) is 0 Å². The third-order valence-electron chi connectivity index (χ3n) is 0. The van der Waals surface area contributed by atoms with Crippen LogP contribution in [0.15, 0.2) is 0 Å². The Balaban J connectivity index is 0. The molecule has 0 bridgehead atoms. The van der Waals surface area contributed by atoms with Crippen LogP contribution in [-0.4, -0.2) is 5.48 Å². The second-order valence-corrected chi connectivity index (χ2v) is 0. The zero-order valence-corrected chi connectivity index (χ0v) is 2.71. The molecule has 0 radical (unpaired) electrons. The van der Waals surface area contributed by atoms with Gasteiger partial charge in [0.1, 0.15) is 0 Å². The molecule has 4 heavy (non-hydrogen) atoms. The highest BCUT2D eigenvalue weighted by molar-refractivity contribution is 7.59. The molecule has 0 amide bonds. The van der Waals surface area contributed by atoms with E-state index in [1.54, 1.807) is 0 Å². The molecule has 0 spiro atoms. The van der Waals surface area contributed by atoms with E-state index in [4.69, 9.17) is 0 Å². The highest BCUT2D eigenvalue weighted by Gasteiger charge is -0.0775. The summed E-state index contributed by atoms with van der Waals surface area (Å²) in [5, 5.41) is 0. The van der Waals surface area contributed by atoms with Crippen LogP contribution in [0.1, 0.15) is 7.43 Å². The summed E-state index contributed by atoms with van der Waals surface area (Å²) in [6, 6.07) is 0. The van der Waals surface area contributed by atoms with Gasteiger partial charge in [0, 0.05) is 0 Å². The van der Waals surface area contributed by atoms with E-state index >= 15 is 0 Å². The van der Waals surface area contributed by atoms with Gasteiger partial charge in [-0.1, -0.05) is 7.43 Å². The van der Waals surface area contributed by atoms with E-state index in [0.29, 0.717) is 0 Å². The summed E-state index contributed by atoms with van der Waals surface area (Å²) in [4.78, 5) is 0. The number of hydrogen-bond donors (Lipinski definition) is 1. The van der Waals surface area contributed by atoms with Crippen molar-refractivity contribution >= 4 is 13.5 Å². The Kier molecular flexibility index (Phi) is 36200. The first kappa shape index (κ1) is 626. The molecule has 32 valence electrons. The van der Waals surface area contributed by atoms with Gasteiger partial charge in [0.2, 0.25) is 0 Å². The molecule has 0 unspecified atom stereocenters. The Morgan fingerprint density at radius 1 is 1.00 bits per heavy atom. The van der Waals surface area contributed by atoms with E-state index in [9.17, 15) is 0 Å². The topological polar surface area (TPSA) is 66.5 Å². The zero-order chi connectivity index (χ0) is 0. The summed E-state index contributed by atoms with van der Waals surface area (Å²) in [5.41, 5.74) is 0. The van der Waals surface area contributed by atoms with E-state index in [1.807, 2.05) is 0 Å². The molecule has 5 N–H and O–H groups in total. The molecule has 0 aromatic carbocycles. The van der Waals surface area contributed by atoms with Gasteiger partial charge in [-0.15, -0.1) is 0 Å². The van der Waals surface area contributed by atoms with Crippen LogP contribution in [0, 0.1) is 0 Å². The minimum Gasteiger partial charge on any atom is -0.412 e. The molecular formula is CH11NOS. The van der Waals surface area contributed by atoms with E-state index in [2.05, 4.69) is 0 Å². The Labute approximate surface area is 33.5 Å². The Morgan fingerprint density at radius 2 is 1.00 bits per heavy atom. The van der Waals surface area contributed by atoms with Crippen LogP contribution in [0.3, 0.4) is 0 Å². The summed E-state index contributed by atoms with van der Waals surface area (Å²) in [6.45, 7) is 0. The molecular weight excluding hydrogens is 74.1 g/mol. The van der Waals surface area contributed by atoms with E-state index < -0.39 is 0 Å². The van der Waals surface area contributed by atoms with Crippen LogP contribution < -0.4 is 6.15 Å². The van der Waals surface area contributed by atoms with Gasteiger partial charge < -0.3 is 11.6 Å². The van der Waals surface area contributed by atoms with Crippen molar-refractivity contribution in [3.8, 4) is 0 Å². The molecule has 0 aliphatic rings. The predicted octanol–water partition coefficient (Wildman–Crippen LogP) is 0.0862. The lowest BCUT2D eigenvalue weighted by molar-refractivity contribution is 0.824. The predicted molar refractivity (Wildman–Crippen MR) is 25.7 cm³/mol. The van der Waals surface area contributed by atoms with Crippen molar-refractivity contribution in [3.05, 3.63) is 0 Å². The molecule has 0 heterocycles. The first-order valence-electron chi connectivity index (χ1n) is 0. The van der Waals surface area contributed by atoms with Gasteiger partial charge in [-0.3, -0.25) is 0 Å². The maximum absolute atomic E-state index is 0. The normalized spacial score (nSPS) is 0. The minimum absolute atomic E-state index is 0. The van der Waals surface area contributed by atoms with Gasteiger partial charge in [-0.05, 0) is 0 Å². The first-order valence-corrected chi connectivity index (χ1v) is 0. The highest BCUT2D eigenvalue weighted by Crippen LogP contribution is 0.648. The lowest BCUT2D eigenvalue weighted by Gasteiger charge is -0.412. The fourth-order valence-electron chi connectivity index (χ4n) is 0. The Morgan fingerprint density at radius 3 is 1.00 bits per heavy atom. The SMILES string of the molecule is C.N.O.S. The number of rotatable bonds is 0. The molecule has 0 fully saturated rings. The molecule has 0 atom stereocenters. The molecule has 0 saturated carbocycles. The third kappa shape index (κ3) is 50.2. The fourth-order valence-corrected chi connectivity index (χ4v) is 0. The molecule has 0 saturated heterocycles. The van der Waals surface area contributed by atoms with E-state index in [-0.39, 0.29) is 32.5 Å². The monoisotopic (exact) mass is 85.1 g/mol.